The van der Waals surface area contributed by atoms with Gasteiger partial charge in [-0.25, -0.2) is 0 Å². The summed E-state index contributed by atoms with van der Waals surface area (Å²) in [5, 5.41) is 19.9. The van der Waals surface area contributed by atoms with Crippen LogP contribution in [0.5, 0.6) is 0 Å². The highest BCUT2D eigenvalue weighted by Gasteiger charge is 2.38. The van der Waals surface area contributed by atoms with Crippen molar-refractivity contribution in [2.45, 2.75) is 65.4 Å². The average molecular weight is 344 g/mol. The summed E-state index contributed by atoms with van der Waals surface area (Å²) in [5.74, 6) is -1.89. The summed E-state index contributed by atoms with van der Waals surface area (Å²) >= 11 is 0. The van der Waals surface area contributed by atoms with E-state index < -0.39 is 17.5 Å². The van der Waals surface area contributed by atoms with Gasteiger partial charge in [-0.15, -0.1) is 0 Å². The molecule has 0 aromatic rings. The first-order valence-electron chi connectivity index (χ1n) is 9.00. The molecule has 0 saturated carbocycles. The van der Waals surface area contributed by atoms with Crippen LogP contribution >= 0.6 is 0 Å². The van der Waals surface area contributed by atoms with E-state index in [4.69, 9.17) is 0 Å². The van der Waals surface area contributed by atoms with Crippen molar-refractivity contribution < 1.29 is 15.0 Å². The largest absolute Gasteiger partial charge is 0.481 e. The van der Waals surface area contributed by atoms with Gasteiger partial charge in [0.15, 0.2) is 0 Å². The molecular weight excluding hydrogens is 312 g/mol. The van der Waals surface area contributed by atoms with Gasteiger partial charge in [-0.2, -0.15) is 0 Å². The van der Waals surface area contributed by atoms with Crippen LogP contribution in [0.2, 0.25) is 0 Å². The van der Waals surface area contributed by atoms with Crippen molar-refractivity contribution in [3.8, 4) is 0 Å². The first-order chi connectivity index (χ1) is 11.7. The highest BCUT2D eigenvalue weighted by molar-refractivity contribution is 5.75. The topological polar surface area (TPSA) is 57.5 Å². The van der Waals surface area contributed by atoms with Gasteiger partial charge in [0.1, 0.15) is 11.5 Å². The van der Waals surface area contributed by atoms with Crippen LogP contribution in [0.15, 0.2) is 59.3 Å². The van der Waals surface area contributed by atoms with Crippen molar-refractivity contribution in [3.05, 3.63) is 59.3 Å². The van der Waals surface area contributed by atoms with Crippen LogP contribution in [0.3, 0.4) is 0 Å². The van der Waals surface area contributed by atoms with Crippen LogP contribution in [0.1, 0.15) is 59.8 Å². The summed E-state index contributed by atoms with van der Waals surface area (Å²) in [6, 6.07) is 0. The minimum Gasteiger partial charge on any atom is -0.481 e. The molecule has 2 N–H and O–H groups in total. The summed E-state index contributed by atoms with van der Waals surface area (Å²) in [7, 11) is 0. The Labute approximate surface area is 152 Å². The fraction of sp³-hybridized carbons (Fsp3) is 0.500. The number of aliphatic hydroxyl groups is 1. The molecule has 0 radical (unpaired) electrons. The second-order valence-electron chi connectivity index (χ2n) is 7.22. The second-order valence-corrected chi connectivity index (χ2v) is 7.22. The Hall–Kier alpha value is -1.87. The highest BCUT2D eigenvalue weighted by Crippen LogP contribution is 2.29. The summed E-state index contributed by atoms with van der Waals surface area (Å²) in [6.45, 7) is 8.44. The van der Waals surface area contributed by atoms with E-state index in [9.17, 15) is 15.0 Å². The predicted molar refractivity (Wildman–Crippen MR) is 104 cm³/mol. The maximum Gasteiger partial charge on any atom is 0.313 e. The fourth-order valence-electron chi connectivity index (χ4n) is 2.84. The summed E-state index contributed by atoms with van der Waals surface area (Å²) < 4.78 is 0. The smallest absolute Gasteiger partial charge is 0.313 e. The second kappa shape index (κ2) is 10.2. The van der Waals surface area contributed by atoms with Gasteiger partial charge in [0, 0.05) is 0 Å². The molecule has 1 rings (SSSR count). The third-order valence-corrected chi connectivity index (χ3v) is 4.50. The van der Waals surface area contributed by atoms with Gasteiger partial charge in [-0.3, -0.25) is 4.79 Å². The van der Waals surface area contributed by atoms with Crippen LogP contribution in [0, 0.1) is 5.92 Å². The zero-order valence-electron chi connectivity index (χ0n) is 16.0. The standard InChI is InChI=1S/C22H32O3/c1-17(2)9-7-10-18(3)11-8-12-19(4)14-16-22(25)15-6-5-13-20(22)21(23)24/h5-6,9,11,13-15,20,25H,7-8,10,12,16H2,1-4H3,(H,23,24)/b18-11+,19-14+. The molecule has 0 aromatic heterocycles. The van der Waals surface area contributed by atoms with E-state index >= 15 is 0 Å². The Balaban J connectivity index is 2.50. The number of allylic oxidation sites excluding steroid dienone is 7. The number of carboxylic acids is 1. The third-order valence-electron chi connectivity index (χ3n) is 4.50. The van der Waals surface area contributed by atoms with Gasteiger partial charge >= 0.3 is 5.97 Å². The third kappa shape index (κ3) is 7.70. The molecule has 0 aromatic carbocycles. The lowest BCUT2D eigenvalue weighted by Crippen LogP contribution is -2.40. The van der Waals surface area contributed by atoms with Crippen molar-refractivity contribution in [2.24, 2.45) is 5.92 Å². The first-order valence-corrected chi connectivity index (χ1v) is 9.00. The Morgan fingerprint density at radius 3 is 2.20 bits per heavy atom. The molecule has 0 spiro atoms. The Bertz CT molecular complexity index is 601. The lowest BCUT2D eigenvalue weighted by molar-refractivity contribution is -0.146. The van der Waals surface area contributed by atoms with Crippen molar-refractivity contribution in [2.75, 3.05) is 0 Å². The molecule has 0 aliphatic heterocycles. The van der Waals surface area contributed by atoms with Crippen molar-refractivity contribution in [1.82, 2.24) is 0 Å². The number of hydrogen-bond donors (Lipinski definition) is 2. The summed E-state index contributed by atoms with van der Waals surface area (Å²) in [4.78, 5) is 11.3. The van der Waals surface area contributed by atoms with Crippen LogP contribution in [0.4, 0.5) is 0 Å². The molecule has 3 nitrogen and oxygen atoms in total. The van der Waals surface area contributed by atoms with E-state index in [1.165, 1.54) is 16.7 Å². The van der Waals surface area contributed by atoms with E-state index in [0.29, 0.717) is 6.42 Å². The molecule has 3 heteroatoms. The van der Waals surface area contributed by atoms with Gasteiger partial charge < -0.3 is 10.2 Å². The number of aliphatic carboxylic acids is 1. The lowest BCUT2D eigenvalue weighted by atomic mass is 9.81. The fourth-order valence-corrected chi connectivity index (χ4v) is 2.84. The van der Waals surface area contributed by atoms with Gasteiger partial charge in [0.25, 0.3) is 0 Å². The van der Waals surface area contributed by atoms with E-state index in [-0.39, 0.29) is 0 Å². The Morgan fingerprint density at radius 1 is 1.00 bits per heavy atom. The summed E-state index contributed by atoms with van der Waals surface area (Å²) in [6.07, 6.45) is 17.4. The van der Waals surface area contributed by atoms with Gasteiger partial charge in [-0.1, -0.05) is 59.3 Å². The maximum absolute atomic E-state index is 11.3. The average Bonchev–Trinajstić information content (AvgIpc) is 2.53. The normalized spacial score (nSPS) is 23.6. The van der Waals surface area contributed by atoms with Gasteiger partial charge in [0.2, 0.25) is 0 Å². The molecule has 0 bridgehead atoms. The minimum atomic E-state index is -1.34. The SMILES string of the molecule is CC(C)=CCC/C(C)=C/CC/C(C)=C/CC1(O)C=CC=CC1C(=O)O. The molecule has 0 amide bonds. The van der Waals surface area contributed by atoms with Crippen molar-refractivity contribution in [1.29, 1.82) is 0 Å². The zero-order chi connectivity index (χ0) is 18.9. The molecule has 2 atom stereocenters. The van der Waals surface area contributed by atoms with Gasteiger partial charge in [-0.05, 0) is 59.8 Å². The van der Waals surface area contributed by atoms with Gasteiger partial charge in [0.05, 0.1) is 0 Å². The molecule has 0 heterocycles. The van der Waals surface area contributed by atoms with Crippen molar-refractivity contribution >= 4 is 5.97 Å². The summed E-state index contributed by atoms with van der Waals surface area (Å²) in [5.41, 5.74) is 2.60. The quantitative estimate of drug-likeness (QED) is 0.554. The zero-order valence-corrected chi connectivity index (χ0v) is 16.0. The first kappa shape index (κ1) is 21.2. The Morgan fingerprint density at radius 2 is 1.60 bits per heavy atom. The molecule has 25 heavy (non-hydrogen) atoms. The molecule has 138 valence electrons. The van der Waals surface area contributed by atoms with Crippen LogP contribution in [0.25, 0.3) is 0 Å². The molecule has 2 unspecified atom stereocenters. The predicted octanol–water partition coefficient (Wildman–Crippen LogP) is 5.35. The van der Waals surface area contributed by atoms with Crippen LogP contribution in [-0.2, 0) is 4.79 Å². The minimum absolute atomic E-state index is 0.319. The lowest BCUT2D eigenvalue weighted by Gasteiger charge is -2.30. The molecular formula is C22H32O3. The molecule has 1 aliphatic rings. The molecule has 1 aliphatic carbocycles. The van der Waals surface area contributed by atoms with Crippen LogP contribution < -0.4 is 0 Å². The van der Waals surface area contributed by atoms with E-state index in [2.05, 4.69) is 32.9 Å². The van der Waals surface area contributed by atoms with E-state index in [0.717, 1.165) is 25.7 Å². The van der Waals surface area contributed by atoms with E-state index in [1.54, 1.807) is 24.3 Å². The van der Waals surface area contributed by atoms with E-state index in [1.807, 2.05) is 13.0 Å². The number of carbonyl (C=O) groups is 1. The van der Waals surface area contributed by atoms with Crippen molar-refractivity contribution in [3.63, 3.8) is 0 Å². The monoisotopic (exact) mass is 344 g/mol. The number of rotatable bonds is 9. The molecule has 0 fully saturated rings. The maximum atomic E-state index is 11.3. The number of carboxylic acid groups (broad SMARTS) is 1. The van der Waals surface area contributed by atoms with Crippen LogP contribution in [-0.4, -0.2) is 21.8 Å². The number of hydrogen-bond acceptors (Lipinski definition) is 2. The molecule has 0 saturated heterocycles. The highest BCUT2D eigenvalue weighted by atomic mass is 16.4. The Kier molecular flexibility index (Phi) is 8.64.